The largest absolute Gasteiger partial charge is 0.504 e. The maximum absolute atomic E-state index is 12.0. The molecule has 18 heavy (non-hydrogen) atoms. The molecule has 0 amide bonds. The molecule has 2 atom stereocenters. The van der Waals surface area contributed by atoms with Crippen molar-refractivity contribution in [3.63, 3.8) is 0 Å². The van der Waals surface area contributed by atoms with Crippen molar-refractivity contribution in [3.8, 4) is 11.5 Å². The molecule has 0 heterocycles. The molecule has 0 saturated heterocycles. The molecular weight excluding hydrogens is 250 g/mol. The Morgan fingerprint density at radius 1 is 1.39 bits per heavy atom. The van der Waals surface area contributed by atoms with Crippen molar-refractivity contribution in [1.82, 2.24) is 4.72 Å². The minimum Gasteiger partial charge on any atom is -0.504 e. The molecule has 1 rings (SSSR count). The average Bonchev–Trinajstić information content (AvgIpc) is 2.28. The molecule has 0 radical (unpaired) electrons. The third-order valence-electron chi connectivity index (χ3n) is 2.54. The summed E-state index contributed by atoms with van der Waals surface area (Å²) < 4.78 is 19.8. The fourth-order valence-electron chi connectivity index (χ4n) is 1.37. The van der Waals surface area contributed by atoms with E-state index in [4.69, 9.17) is 4.74 Å². The van der Waals surface area contributed by atoms with Gasteiger partial charge in [0, 0.05) is 6.04 Å². The molecule has 2 N–H and O–H groups in total. The Labute approximate surface area is 111 Å². The monoisotopic (exact) mass is 271 g/mol. The van der Waals surface area contributed by atoms with Gasteiger partial charge < -0.3 is 9.84 Å². The number of benzene rings is 1. The Bertz CT molecular complexity index is 440. The molecule has 0 aromatic heterocycles. The van der Waals surface area contributed by atoms with E-state index in [1.807, 2.05) is 27.7 Å². The highest BCUT2D eigenvalue weighted by atomic mass is 32.2. The Balaban J connectivity index is 2.85. The minimum absolute atomic E-state index is 0.0837. The molecule has 4 nitrogen and oxygen atoms in total. The summed E-state index contributed by atoms with van der Waals surface area (Å²) in [7, 11) is 0.369. The molecular formula is C13H21NO3S. The van der Waals surface area contributed by atoms with Crippen LogP contribution in [-0.2, 0) is 11.0 Å². The van der Waals surface area contributed by atoms with Crippen LogP contribution in [0.4, 0.5) is 0 Å². The number of hydrogen-bond acceptors (Lipinski definition) is 3. The van der Waals surface area contributed by atoms with Gasteiger partial charge in [-0.05, 0) is 45.4 Å². The predicted octanol–water partition coefficient (Wildman–Crippen LogP) is 2.51. The summed E-state index contributed by atoms with van der Waals surface area (Å²) in [5.41, 5.74) is 0.919. The van der Waals surface area contributed by atoms with Crippen LogP contribution in [0.25, 0.3) is 0 Å². The van der Waals surface area contributed by atoms with Crippen molar-refractivity contribution in [2.45, 2.75) is 38.5 Å². The maximum Gasteiger partial charge on any atom is 0.160 e. The highest BCUT2D eigenvalue weighted by Gasteiger charge is 2.22. The van der Waals surface area contributed by atoms with Gasteiger partial charge in [-0.1, -0.05) is 6.07 Å². The average molecular weight is 271 g/mol. The zero-order chi connectivity index (χ0) is 13.9. The molecule has 5 heteroatoms. The lowest BCUT2D eigenvalue weighted by molar-refractivity contribution is 0.372. The van der Waals surface area contributed by atoms with Gasteiger partial charge in [-0.25, -0.2) is 8.93 Å². The van der Waals surface area contributed by atoms with E-state index in [1.165, 1.54) is 7.11 Å². The number of aromatic hydroxyl groups is 1. The van der Waals surface area contributed by atoms with Crippen LogP contribution in [0.3, 0.4) is 0 Å². The topological polar surface area (TPSA) is 58.6 Å². The lowest BCUT2D eigenvalue weighted by Gasteiger charge is -2.22. The summed E-state index contributed by atoms with van der Waals surface area (Å²) in [6.45, 7) is 7.68. The van der Waals surface area contributed by atoms with E-state index in [9.17, 15) is 9.32 Å². The van der Waals surface area contributed by atoms with Crippen molar-refractivity contribution in [3.05, 3.63) is 23.8 Å². The first kappa shape index (κ1) is 15.0. The van der Waals surface area contributed by atoms with Crippen molar-refractivity contribution in [1.29, 1.82) is 0 Å². The van der Waals surface area contributed by atoms with Crippen LogP contribution >= 0.6 is 0 Å². The van der Waals surface area contributed by atoms with Gasteiger partial charge in [0.2, 0.25) is 0 Å². The van der Waals surface area contributed by atoms with Crippen LogP contribution in [0.5, 0.6) is 11.5 Å². The fourth-order valence-corrected chi connectivity index (χ4v) is 2.18. The van der Waals surface area contributed by atoms with Crippen LogP contribution in [0, 0.1) is 0 Å². The molecule has 0 fully saturated rings. The molecule has 1 unspecified atom stereocenters. The van der Waals surface area contributed by atoms with Crippen LogP contribution in [0.2, 0.25) is 0 Å². The lowest BCUT2D eigenvalue weighted by Crippen LogP contribution is -2.34. The van der Waals surface area contributed by atoms with Crippen LogP contribution < -0.4 is 9.46 Å². The minimum atomic E-state index is -1.14. The highest BCUT2D eigenvalue weighted by Crippen LogP contribution is 2.29. The van der Waals surface area contributed by atoms with Gasteiger partial charge in [0.25, 0.3) is 0 Å². The molecule has 0 bridgehead atoms. The number of hydrogen-bond donors (Lipinski definition) is 2. The number of rotatable bonds is 4. The van der Waals surface area contributed by atoms with Crippen LogP contribution in [-0.4, -0.2) is 21.2 Å². The quantitative estimate of drug-likeness (QED) is 0.884. The van der Waals surface area contributed by atoms with E-state index < -0.39 is 11.0 Å². The molecule has 0 aliphatic heterocycles. The first-order valence-electron chi connectivity index (χ1n) is 5.80. The summed E-state index contributed by atoms with van der Waals surface area (Å²) in [5.74, 6) is 0.521. The van der Waals surface area contributed by atoms with Gasteiger partial charge in [-0.15, -0.1) is 0 Å². The molecule has 0 saturated carbocycles. The zero-order valence-corrected chi connectivity index (χ0v) is 12.3. The van der Waals surface area contributed by atoms with Crippen LogP contribution in [0.15, 0.2) is 18.2 Å². The van der Waals surface area contributed by atoms with Gasteiger partial charge in [-0.3, -0.25) is 0 Å². The van der Waals surface area contributed by atoms with E-state index in [0.29, 0.717) is 5.75 Å². The number of phenols is 1. The Hall–Kier alpha value is -1.07. The van der Waals surface area contributed by atoms with E-state index in [0.717, 1.165) is 5.56 Å². The summed E-state index contributed by atoms with van der Waals surface area (Å²) in [5, 5.41) is 9.52. The van der Waals surface area contributed by atoms with Gasteiger partial charge in [-0.2, -0.15) is 0 Å². The molecule has 0 aliphatic carbocycles. The van der Waals surface area contributed by atoms with E-state index in [2.05, 4.69) is 4.72 Å². The second-order valence-electron chi connectivity index (χ2n) is 5.15. The van der Waals surface area contributed by atoms with Crippen molar-refractivity contribution in [2.24, 2.45) is 0 Å². The molecule has 1 aromatic carbocycles. The number of nitrogens with one attached hydrogen (secondary N) is 1. The first-order valence-corrected chi connectivity index (χ1v) is 6.95. The van der Waals surface area contributed by atoms with Crippen molar-refractivity contribution in [2.75, 3.05) is 7.11 Å². The lowest BCUT2D eigenvalue weighted by atomic mass is 10.1. The second kappa shape index (κ2) is 5.71. The Morgan fingerprint density at radius 3 is 2.50 bits per heavy atom. The SMILES string of the molecule is COc1cc([C@@H](C)NS(=O)C(C)(C)C)ccc1O. The summed E-state index contributed by atoms with van der Waals surface area (Å²) in [6, 6.07) is 5.02. The normalized spacial score (nSPS) is 15.2. The standard InChI is InChI=1S/C13H21NO3S/c1-9(14-18(16)13(2,3)4)10-6-7-11(15)12(8-10)17-5/h6-9,14-15H,1-5H3/t9-,18?/m1/s1. The fraction of sp³-hybridized carbons (Fsp3) is 0.538. The molecule has 0 spiro atoms. The number of methoxy groups -OCH3 is 1. The van der Waals surface area contributed by atoms with E-state index >= 15 is 0 Å². The predicted molar refractivity (Wildman–Crippen MR) is 74.1 cm³/mol. The molecule has 0 aliphatic rings. The second-order valence-corrected chi connectivity index (χ2v) is 7.15. The molecule has 102 valence electrons. The summed E-state index contributed by atoms with van der Waals surface area (Å²) >= 11 is 0. The van der Waals surface area contributed by atoms with Gasteiger partial charge in [0.05, 0.1) is 22.8 Å². The third kappa shape index (κ3) is 3.71. The first-order chi connectivity index (χ1) is 8.25. The Morgan fingerprint density at radius 2 is 2.00 bits per heavy atom. The third-order valence-corrected chi connectivity index (χ3v) is 4.22. The van der Waals surface area contributed by atoms with Gasteiger partial charge in [0.1, 0.15) is 0 Å². The van der Waals surface area contributed by atoms with Crippen LogP contribution in [0.1, 0.15) is 39.3 Å². The zero-order valence-electron chi connectivity index (χ0n) is 11.5. The van der Waals surface area contributed by atoms with Gasteiger partial charge in [0.15, 0.2) is 11.5 Å². The maximum atomic E-state index is 12.0. The van der Waals surface area contributed by atoms with Crippen molar-refractivity contribution >= 4 is 11.0 Å². The molecule has 1 aromatic rings. The summed E-state index contributed by atoms with van der Waals surface area (Å²) in [6.07, 6.45) is 0. The Kier molecular flexibility index (Phi) is 4.76. The summed E-state index contributed by atoms with van der Waals surface area (Å²) in [4.78, 5) is 0. The van der Waals surface area contributed by atoms with E-state index in [-0.39, 0.29) is 16.5 Å². The van der Waals surface area contributed by atoms with E-state index in [1.54, 1.807) is 18.2 Å². The smallest absolute Gasteiger partial charge is 0.160 e. The number of ether oxygens (including phenoxy) is 1. The van der Waals surface area contributed by atoms with Gasteiger partial charge >= 0.3 is 0 Å². The highest BCUT2D eigenvalue weighted by molar-refractivity contribution is 7.84. The van der Waals surface area contributed by atoms with Crippen molar-refractivity contribution < 1.29 is 14.1 Å². The number of phenolic OH excluding ortho intramolecular Hbond substituents is 1.